The third-order valence-electron chi connectivity index (χ3n) is 5.20. The Kier molecular flexibility index (Phi) is 6.06. The molecule has 1 aliphatic heterocycles. The van der Waals surface area contributed by atoms with E-state index in [9.17, 15) is 0 Å². The van der Waals surface area contributed by atoms with E-state index >= 15 is 0 Å². The largest absolute Gasteiger partial charge is 0.313 e. The van der Waals surface area contributed by atoms with E-state index in [1.807, 2.05) is 0 Å². The molecule has 0 aromatic heterocycles. The van der Waals surface area contributed by atoms with E-state index in [-0.39, 0.29) is 0 Å². The van der Waals surface area contributed by atoms with Crippen LogP contribution in [0.15, 0.2) is 48.5 Å². The first kappa shape index (κ1) is 17.2. The van der Waals surface area contributed by atoms with Crippen molar-refractivity contribution in [3.05, 3.63) is 70.8 Å². The van der Waals surface area contributed by atoms with Gasteiger partial charge >= 0.3 is 0 Å². The zero-order valence-corrected chi connectivity index (χ0v) is 15.1. The van der Waals surface area contributed by atoms with E-state index in [2.05, 4.69) is 72.6 Å². The van der Waals surface area contributed by atoms with Gasteiger partial charge in [0, 0.05) is 25.7 Å². The minimum absolute atomic E-state index is 0.631. The Morgan fingerprint density at radius 1 is 0.875 bits per heavy atom. The number of hydrogen-bond donors (Lipinski definition) is 1. The first-order chi connectivity index (χ1) is 11.7. The van der Waals surface area contributed by atoms with Crippen LogP contribution < -0.4 is 5.32 Å². The van der Waals surface area contributed by atoms with Crippen molar-refractivity contribution in [2.24, 2.45) is 0 Å². The third-order valence-corrected chi connectivity index (χ3v) is 5.20. The van der Waals surface area contributed by atoms with Gasteiger partial charge in [-0.3, -0.25) is 4.90 Å². The van der Waals surface area contributed by atoms with E-state index in [4.69, 9.17) is 0 Å². The van der Waals surface area contributed by atoms with Crippen molar-refractivity contribution < 1.29 is 0 Å². The molecule has 1 aliphatic rings. The van der Waals surface area contributed by atoms with E-state index < -0.39 is 0 Å². The summed E-state index contributed by atoms with van der Waals surface area (Å²) in [7, 11) is 0. The van der Waals surface area contributed by atoms with E-state index in [1.165, 1.54) is 48.1 Å². The van der Waals surface area contributed by atoms with Gasteiger partial charge in [-0.15, -0.1) is 0 Å². The molecule has 0 radical (unpaired) electrons. The molecule has 2 aromatic carbocycles. The fourth-order valence-corrected chi connectivity index (χ4v) is 3.63. The van der Waals surface area contributed by atoms with Gasteiger partial charge in [0.25, 0.3) is 0 Å². The topological polar surface area (TPSA) is 15.3 Å². The van der Waals surface area contributed by atoms with Crippen LogP contribution in [-0.2, 0) is 13.1 Å². The second kappa shape index (κ2) is 8.46. The summed E-state index contributed by atoms with van der Waals surface area (Å²) in [5.41, 5.74) is 5.68. The SMILES string of the molecule is Cc1ccccc1CN(Cc1ccccc1C)C[C@H]1CCCCN1. The lowest BCUT2D eigenvalue weighted by atomic mass is 10.0. The molecule has 1 fully saturated rings. The number of benzene rings is 2. The second-order valence-electron chi connectivity index (χ2n) is 7.17. The Bertz CT molecular complexity index is 596. The molecule has 3 rings (SSSR count). The van der Waals surface area contributed by atoms with Crippen LogP contribution in [0.1, 0.15) is 41.5 Å². The lowest BCUT2D eigenvalue weighted by Crippen LogP contribution is -2.43. The van der Waals surface area contributed by atoms with Gasteiger partial charge < -0.3 is 5.32 Å². The maximum atomic E-state index is 3.71. The van der Waals surface area contributed by atoms with Crippen molar-refractivity contribution in [1.82, 2.24) is 10.2 Å². The van der Waals surface area contributed by atoms with Gasteiger partial charge in [-0.2, -0.15) is 0 Å². The molecule has 0 amide bonds. The van der Waals surface area contributed by atoms with Crippen LogP contribution in [0.2, 0.25) is 0 Å². The molecular formula is C22H30N2. The molecule has 0 saturated carbocycles. The molecule has 0 bridgehead atoms. The monoisotopic (exact) mass is 322 g/mol. The van der Waals surface area contributed by atoms with Gasteiger partial charge in [0.15, 0.2) is 0 Å². The first-order valence-electron chi connectivity index (χ1n) is 9.27. The van der Waals surface area contributed by atoms with Crippen molar-refractivity contribution in [2.75, 3.05) is 13.1 Å². The smallest absolute Gasteiger partial charge is 0.0240 e. The summed E-state index contributed by atoms with van der Waals surface area (Å²) in [6, 6.07) is 18.2. The highest BCUT2D eigenvalue weighted by Crippen LogP contribution is 2.18. The molecule has 128 valence electrons. The Balaban J connectivity index is 1.74. The molecule has 0 spiro atoms. The number of piperidine rings is 1. The molecule has 2 nitrogen and oxygen atoms in total. The summed E-state index contributed by atoms with van der Waals surface area (Å²) in [6.45, 7) is 8.80. The average molecular weight is 322 g/mol. The highest BCUT2D eigenvalue weighted by molar-refractivity contribution is 5.27. The van der Waals surface area contributed by atoms with Crippen LogP contribution >= 0.6 is 0 Å². The standard InChI is InChI=1S/C22H30N2/c1-18-9-3-5-11-20(18)15-24(17-22-13-7-8-14-23-22)16-21-12-6-4-10-19(21)2/h3-6,9-12,22-23H,7-8,13-17H2,1-2H3/t22-/m1/s1. The summed E-state index contributed by atoms with van der Waals surface area (Å²) in [6.07, 6.45) is 3.99. The van der Waals surface area contributed by atoms with Gasteiger partial charge in [0.2, 0.25) is 0 Å². The summed E-state index contributed by atoms with van der Waals surface area (Å²) in [5.74, 6) is 0. The molecule has 1 atom stereocenters. The molecule has 2 heteroatoms. The van der Waals surface area contributed by atoms with Crippen LogP contribution in [0.5, 0.6) is 0 Å². The van der Waals surface area contributed by atoms with Crippen LogP contribution in [0, 0.1) is 13.8 Å². The van der Waals surface area contributed by atoms with Gasteiger partial charge in [0.05, 0.1) is 0 Å². The highest BCUT2D eigenvalue weighted by Gasteiger charge is 2.18. The van der Waals surface area contributed by atoms with Gasteiger partial charge in [-0.25, -0.2) is 0 Å². The average Bonchev–Trinajstić information content (AvgIpc) is 2.60. The van der Waals surface area contributed by atoms with Crippen molar-refractivity contribution in [1.29, 1.82) is 0 Å². The summed E-state index contributed by atoms with van der Waals surface area (Å²) >= 11 is 0. The summed E-state index contributed by atoms with van der Waals surface area (Å²) in [4.78, 5) is 2.62. The number of nitrogens with one attached hydrogen (secondary N) is 1. The van der Waals surface area contributed by atoms with Crippen molar-refractivity contribution in [3.8, 4) is 0 Å². The molecular weight excluding hydrogens is 292 g/mol. The van der Waals surface area contributed by atoms with E-state index in [0.717, 1.165) is 19.6 Å². The zero-order chi connectivity index (χ0) is 16.8. The molecule has 1 heterocycles. The molecule has 1 N–H and O–H groups in total. The molecule has 1 saturated heterocycles. The zero-order valence-electron chi connectivity index (χ0n) is 15.1. The number of aryl methyl sites for hydroxylation is 2. The predicted molar refractivity (Wildman–Crippen MR) is 102 cm³/mol. The molecule has 2 aromatic rings. The van der Waals surface area contributed by atoms with Crippen LogP contribution in [0.3, 0.4) is 0 Å². The minimum atomic E-state index is 0.631. The maximum Gasteiger partial charge on any atom is 0.0240 e. The highest BCUT2D eigenvalue weighted by atomic mass is 15.1. The number of nitrogens with zero attached hydrogens (tertiary/aromatic N) is 1. The number of hydrogen-bond acceptors (Lipinski definition) is 2. The summed E-state index contributed by atoms with van der Waals surface area (Å²) < 4.78 is 0. The maximum absolute atomic E-state index is 3.71. The van der Waals surface area contributed by atoms with Crippen molar-refractivity contribution in [2.45, 2.75) is 52.2 Å². The number of rotatable bonds is 6. The van der Waals surface area contributed by atoms with Gasteiger partial charge in [0.1, 0.15) is 0 Å². The van der Waals surface area contributed by atoms with E-state index in [0.29, 0.717) is 6.04 Å². The van der Waals surface area contributed by atoms with Crippen LogP contribution in [0.4, 0.5) is 0 Å². The Morgan fingerprint density at radius 3 is 1.96 bits per heavy atom. The lowest BCUT2D eigenvalue weighted by molar-refractivity contribution is 0.209. The molecule has 0 aliphatic carbocycles. The van der Waals surface area contributed by atoms with Gasteiger partial charge in [-0.05, 0) is 55.5 Å². The first-order valence-corrected chi connectivity index (χ1v) is 9.27. The fraction of sp³-hybridized carbons (Fsp3) is 0.455. The minimum Gasteiger partial charge on any atom is -0.313 e. The fourth-order valence-electron chi connectivity index (χ4n) is 3.63. The molecule has 24 heavy (non-hydrogen) atoms. The van der Waals surface area contributed by atoms with Crippen molar-refractivity contribution in [3.63, 3.8) is 0 Å². The van der Waals surface area contributed by atoms with Gasteiger partial charge in [-0.1, -0.05) is 55.0 Å². The second-order valence-corrected chi connectivity index (χ2v) is 7.17. The Hall–Kier alpha value is -1.64. The quantitative estimate of drug-likeness (QED) is 0.845. The van der Waals surface area contributed by atoms with Crippen molar-refractivity contribution >= 4 is 0 Å². The lowest BCUT2D eigenvalue weighted by Gasteiger charge is -2.31. The molecule has 0 unspecified atom stereocenters. The van der Waals surface area contributed by atoms with Crippen LogP contribution in [0.25, 0.3) is 0 Å². The normalized spacial score (nSPS) is 18.0. The summed E-state index contributed by atoms with van der Waals surface area (Å²) in [5, 5.41) is 3.71. The predicted octanol–water partition coefficient (Wildman–Crippen LogP) is 4.45. The van der Waals surface area contributed by atoms with Crippen LogP contribution in [-0.4, -0.2) is 24.0 Å². The Morgan fingerprint density at radius 2 is 1.46 bits per heavy atom. The van der Waals surface area contributed by atoms with E-state index in [1.54, 1.807) is 0 Å². The Labute approximate surface area is 146 Å². The third kappa shape index (κ3) is 4.68.